The quantitative estimate of drug-likeness (QED) is 0.821. The molecule has 1 aromatic carbocycles. The molecular weight excluding hydrogens is 242 g/mol. The highest BCUT2D eigenvalue weighted by Crippen LogP contribution is 2.05. The van der Waals surface area contributed by atoms with Gasteiger partial charge in [0, 0.05) is 26.3 Å². The second-order valence-corrected chi connectivity index (χ2v) is 4.44. The second-order valence-electron chi connectivity index (χ2n) is 4.44. The van der Waals surface area contributed by atoms with E-state index < -0.39 is 5.97 Å². The average Bonchev–Trinajstić information content (AvgIpc) is 2.77. The predicted octanol–water partition coefficient (Wildman–Crippen LogP) is 1.34. The summed E-state index contributed by atoms with van der Waals surface area (Å²) < 4.78 is 1.84. The maximum absolute atomic E-state index is 10.6. The zero-order valence-corrected chi connectivity index (χ0v) is 10.8. The maximum Gasteiger partial charge on any atom is 0.307 e. The molecule has 0 aliphatic rings. The highest BCUT2D eigenvalue weighted by molar-refractivity contribution is 5.70. The Morgan fingerprint density at radius 2 is 1.89 bits per heavy atom. The van der Waals surface area contributed by atoms with Crippen molar-refractivity contribution in [2.75, 3.05) is 0 Å². The summed E-state index contributed by atoms with van der Waals surface area (Å²) in [5.41, 5.74) is 3.08. The van der Waals surface area contributed by atoms with Crippen molar-refractivity contribution in [1.82, 2.24) is 15.1 Å². The van der Waals surface area contributed by atoms with Gasteiger partial charge in [0.1, 0.15) is 0 Å². The van der Waals surface area contributed by atoms with Gasteiger partial charge in [-0.2, -0.15) is 5.10 Å². The molecule has 5 nitrogen and oxygen atoms in total. The summed E-state index contributed by atoms with van der Waals surface area (Å²) >= 11 is 0. The number of nitrogens with zero attached hydrogens (tertiary/aromatic N) is 2. The van der Waals surface area contributed by atoms with Crippen LogP contribution in [0.5, 0.6) is 0 Å². The van der Waals surface area contributed by atoms with Gasteiger partial charge in [0.05, 0.1) is 12.1 Å². The van der Waals surface area contributed by atoms with Crippen LogP contribution in [0.15, 0.2) is 36.5 Å². The lowest BCUT2D eigenvalue weighted by atomic mass is 10.1. The van der Waals surface area contributed by atoms with Gasteiger partial charge in [-0.05, 0) is 17.2 Å². The fourth-order valence-corrected chi connectivity index (χ4v) is 1.86. The van der Waals surface area contributed by atoms with Gasteiger partial charge in [0.2, 0.25) is 0 Å². The van der Waals surface area contributed by atoms with E-state index >= 15 is 0 Å². The van der Waals surface area contributed by atoms with E-state index in [0.29, 0.717) is 0 Å². The molecule has 0 atom stereocenters. The van der Waals surface area contributed by atoms with Gasteiger partial charge in [-0.1, -0.05) is 24.3 Å². The van der Waals surface area contributed by atoms with Crippen LogP contribution in [0.1, 0.15) is 16.8 Å². The molecule has 0 unspecified atom stereocenters. The zero-order chi connectivity index (χ0) is 13.7. The predicted molar refractivity (Wildman–Crippen MR) is 71.5 cm³/mol. The summed E-state index contributed by atoms with van der Waals surface area (Å²) in [5, 5.41) is 16.1. The van der Waals surface area contributed by atoms with E-state index in [2.05, 4.69) is 10.4 Å². The van der Waals surface area contributed by atoms with Crippen LogP contribution >= 0.6 is 0 Å². The Morgan fingerprint density at radius 3 is 2.47 bits per heavy atom. The summed E-state index contributed by atoms with van der Waals surface area (Å²) in [7, 11) is 1.91. The third-order valence-corrected chi connectivity index (χ3v) is 2.94. The number of carboxylic acid groups (broad SMARTS) is 1. The van der Waals surface area contributed by atoms with Crippen molar-refractivity contribution in [3.05, 3.63) is 53.3 Å². The molecule has 100 valence electrons. The van der Waals surface area contributed by atoms with Gasteiger partial charge in [-0.15, -0.1) is 0 Å². The van der Waals surface area contributed by atoms with E-state index in [0.717, 1.165) is 29.9 Å². The molecule has 5 heteroatoms. The Hall–Kier alpha value is -2.14. The number of aliphatic carboxylic acids is 1. The van der Waals surface area contributed by atoms with Crippen LogP contribution in [-0.2, 0) is 31.4 Å². The maximum atomic E-state index is 10.6. The Kier molecular flexibility index (Phi) is 4.30. The Balaban J connectivity index is 1.83. The first-order valence-electron chi connectivity index (χ1n) is 6.12. The van der Waals surface area contributed by atoms with Crippen LogP contribution in [0.2, 0.25) is 0 Å². The summed E-state index contributed by atoms with van der Waals surface area (Å²) in [5.74, 6) is -0.804. The molecule has 0 fully saturated rings. The van der Waals surface area contributed by atoms with Crippen molar-refractivity contribution in [3.63, 3.8) is 0 Å². The minimum Gasteiger partial charge on any atom is -0.481 e. The Labute approximate surface area is 111 Å². The van der Waals surface area contributed by atoms with Gasteiger partial charge >= 0.3 is 5.97 Å². The monoisotopic (exact) mass is 259 g/mol. The highest BCUT2D eigenvalue weighted by Gasteiger charge is 2.01. The molecular formula is C14H17N3O2. The van der Waals surface area contributed by atoms with Crippen LogP contribution in [-0.4, -0.2) is 20.9 Å². The SMILES string of the molecule is Cn1nccc1CNCc1ccc(CC(=O)O)cc1. The normalized spacial score (nSPS) is 10.6. The third kappa shape index (κ3) is 3.93. The number of aromatic nitrogens is 2. The fraction of sp³-hybridized carbons (Fsp3) is 0.286. The number of carboxylic acids is 1. The lowest BCUT2D eigenvalue weighted by Gasteiger charge is -2.06. The van der Waals surface area contributed by atoms with Gasteiger partial charge in [-0.25, -0.2) is 0 Å². The second kappa shape index (κ2) is 6.15. The van der Waals surface area contributed by atoms with E-state index in [1.807, 2.05) is 42.1 Å². The minimum atomic E-state index is -0.804. The standard InChI is InChI=1S/C14H17N3O2/c1-17-13(6-7-16-17)10-15-9-12-4-2-11(3-5-12)8-14(18)19/h2-7,15H,8-10H2,1H3,(H,18,19). The van der Waals surface area contributed by atoms with Gasteiger partial charge in [-0.3, -0.25) is 9.48 Å². The summed E-state index contributed by atoms with van der Waals surface area (Å²) in [4.78, 5) is 10.6. The van der Waals surface area contributed by atoms with Crippen molar-refractivity contribution in [3.8, 4) is 0 Å². The number of benzene rings is 1. The largest absolute Gasteiger partial charge is 0.481 e. The van der Waals surface area contributed by atoms with Crippen LogP contribution in [0.3, 0.4) is 0 Å². The number of rotatable bonds is 6. The molecule has 0 saturated heterocycles. The zero-order valence-electron chi connectivity index (χ0n) is 10.8. The van der Waals surface area contributed by atoms with E-state index in [4.69, 9.17) is 5.11 Å². The van der Waals surface area contributed by atoms with E-state index in [9.17, 15) is 4.79 Å². The van der Waals surface area contributed by atoms with E-state index in [-0.39, 0.29) is 6.42 Å². The number of carbonyl (C=O) groups is 1. The van der Waals surface area contributed by atoms with E-state index in [1.54, 1.807) is 6.20 Å². The highest BCUT2D eigenvalue weighted by atomic mass is 16.4. The first kappa shape index (κ1) is 13.3. The third-order valence-electron chi connectivity index (χ3n) is 2.94. The smallest absolute Gasteiger partial charge is 0.307 e. The molecule has 0 saturated carbocycles. The van der Waals surface area contributed by atoms with Crippen molar-refractivity contribution in [1.29, 1.82) is 0 Å². The lowest BCUT2D eigenvalue weighted by molar-refractivity contribution is -0.136. The molecule has 0 aliphatic heterocycles. The topological polar surface area (TPSA) is 67.2 Å². The number of hydrogen-bond donors (Lipinski definition) is 2. The van der Waals surface area contributed by atoms with Crippen molar-refractivity contribution >= 4 is 5.97 Å². The first-order valence-corrected chi connectivity index (χ1v) is 6.12. The van der Waals surface area contributed by atoms with Gasteiger partial charge in [0.15, 0.2) is 0 Å². The molecule has 1 aromatic heterocycles. The Morgan fingerprint density at radius 1 is 1.21 bits per heavy atom. The van der Waals surface area contributed by atoms with E-state index in [1.165, 1.54) is 0 Å². The molecule has 0 aliphatic carbocycles. The number of aryl methyl sites for hydroxylation is 1. The van der Waals surface area contributed by atoms with Crippen LogP contribution in [0.4, 0.5) is 0 Å². The molecule has 0 bridgehead atoms. The van der Waals surface area contributed by atoms with Crippen LogP contribution in [0.25, 0.3) is 0 Å². The van der Waals surface area contributed by atoms with Crippen molar-refractivity contribution in [2.24, 2.45) is 7.05 Å². The molecule has 2 rings (SSSR count). The first-order chi connectivity index (χ1) is 9.15. The molecule has 0 spiro atoms. The number of hydrogen-bond acceptors (Lipinski definition) is 3. The molecule has 19 heavy (non-hydrogen) atoms. The van der Waals surface area contributed by atoms with Crippen LogP contribution < -0.4 is 5.32 Å². The van der Waals surface area contributed by atoms with Gasteiger partial charge < -0.3 is 10.4 Å². The van der Waals surface area contributed by atoms with Gasteiger partial charge in [0.25, 0.3) is 0 Å². The number of nitrogens with one attached hydrogen (secondary N) is 1. The molecule has 0 amide bonds. The summed E-state index contributed by atoms with van der Waals surface area (Å²) in [6, 6.07) is 9.59. The average molecular weight is 259 g/mol. The molecule has 1 heterocycles. The molecule has 0 radical (unpaired) electrons. The van der Waals surface area contributed by atoms with Crippen molar-refractivity contribution in [2.45, 2.75) is 19.5 Å². The lowest BCUT2D eigenvalue weighted by Crippen LogP contribution is -2.15. The summed E-state index contributed by atoms with van der Waals surface area (Å²) in [6.07, 6.45) is 1.85. The van der Waals surface area contributed by atoms with Crippen LogP contribution in [0, 0.1) is 0 Å². The molecule has 2 N–H and O–H groups in total. The molecule has 2 aromatic rings. The summed E-state index contributed by atoms with van der Waals surface area (Å²) in [6.45, 7) is 1.51. The minimum absolute atomic E-state index is 0.0722. The van der Waals surface area contributed by atoms with Crippen molar-refractivity contribution < 1.29 is 9.90 Å². The Bertz CT molecular complexity index is 546. The fourth-order valence-electron chi connectivity index (χ4n) is 1.86.